The van der Waals surface area contributed by atoms with Crippen LogP contribution in [0.25, 0.3) is 0 Å². The normalized spacial score (nSPS) is 15.5. The standard InChI is InChI=1S/C21H23ClN2O3/c1-13-4-5-14(2)18(8-13)23-20(25)11-24(3)21(26)16-9-15-10-17(22)6-7-19(15)27-12-16/h4-8,10,16H,9,11-12H2,1-3H3,(H,23,25)/t16-/m0/s1. The fraction of sp³-hybridized carbons (Fsp3) is 0.333. The number of carbonyl (C=O) groups excluding carboxylic acids is 2. The Hall–Kier alpha value is -2.53. The average molecular weight is 387 g/mol. The zero-order valence-electron chi connectivity index (χ0n) is 15.7. The fourth-order valence-electron chi connectivity index (χ4n) is 3.19. The highest BCUT2D eigenvalue weighted by Crippen LogP contribution is 2.30. The van der Waals surface area contributed by atoms with Crippen molar-refractivity contribution in [2.45, 2.75) is 20.3 Å². The summed E-state index contributed by atoms with van der Waals surface area (Å²) in [5, 5.41) is 3.50. The maximum absolute atomic E-state index is 12.7. The third-order valence-corrected chi connectivity index (χ3v) is 4.94. The number of aryl methyl sites for hydroxylation is 2. The van der Waals surface area contributed by atoms with E-state index in [-0.39, 0.29) is 24.3 Å². The molecular weight excluding hydrogens is 364 g/mol. The SMILES string of the molecule is Cc1ccc(C)c(NC(=O)CN(C)C(=O)[C@@H]2COc3ccc(Cl)cc3C2)c1. The Kier molecular flexibility index (Phi) is 5.71. The molecule has 1 aliphatic rings. The van der Waals surface area contributed by atoms with E-state index in [4.69, 9.17) is 16.3 Å². The lowest BCUT2D eigenvalue weighted by Gasteiger charge is -2.28. The number of benzene rings is 2. The monoisotopic (exact) mass is 386 g/mol. The van der Waals surface area contributed by atoms with Crippen molar-refractivity contribution in [1.29, 1.82) is 0 Å². The molecule has 3 rings (SSSR count). The van der Waals surface area contributed by atoms with Crippen LogP contribution in [0.2, 0.25) is 5.02 Å². The van der Waals surface area contributed by atoms with E-state index in [1.165, 1.54) is 4.90 Å². The van der Waals surface area contributed by atoms with Crippen molar-refractivity contribution in [2.24, 2.45) is 5.92 Å². The Morgan fingerprint density at radius 1 is 1.22 bits per heavy atom. The van der Waals surface area contributed by atoms with Crippen LogP contribution < -0.4 is 10.1 Å². The van der Waals surface area contributed by atoms with Gasteiger partial charge in [0.15, 0.2) is 0 Å². The second-order valence-corrected chi connectivity index (χ2v) is 7.46. The molecular formula is C21H23ClN2O3. The first kappa shape index (κ1) is 19.2. The number of hydrogen-bond donors (Lipinski definition) is 1. The second-order valence-electron chi connectivity index (χ2n) is 7.02. The van der Waals surface area contributed by atoms with E-state index < -0.39 is 0 Å². The van der Waals surface area contributed by atoms with Crippen LogP contribution >= 0.6 is 11.6 Å². The summed E-state index contributed by atoms with van der Waals surface area (Å²) in [5.74, 6) is 0.102. The number of fused-ring (bicyclic) bond motifs is 1. The molecule has 142 valence electrons. The van der Waals surface area contributed by atoms with Crippen molar-refractivity contribution < 1.29 is 14.3 Å². The second kappa shape index (κ2) is 8.01. The van der Waals surface area contributed by atoms with Crippen LogP contribution in [0.3, 0.4) is 0 Å². The summed E-state index contributed by atoms with van der Waals surface area (Å²) in [6.45, 7) is 4.20. The molecule has 1 N–H and O–H groups in total. The number of likely N-dealkylation sites (N-methyl/N-ethyl adjacent to an activating group) is 1. The highest BCUT2D eigenvalue weighted by molar-refractivity contribution is 6.30. The summed E-state index contributed by atoms with van der Waals surface area (Å²) >= 11 is 6.03. The van der Waals surface area contributed by atoms with E-state index in [9.17, 15) is 9.59 Å². The van der Waals surface area contributed by atoms with Crippen molar-refractivity contribution in [1.82, 2.24) is 4.90 Å². The number of rotatable bonds is 4. The lowest BCUT2D eigenvalue weighted by atomic mass is 9.95. The molecule has 2 aromatic carbocycles. The van der Waals surface area contributed by atoms with Gasteiger partial charge in [0.05, 0.1) is 12.5 Å². The zero-order chi connectivity index (χ0) is 19.6. The number of halogens is 1. The molecule has 27 heavy (non-hydrogen) atoms. The molecule has 0 saturated heterocycles. The van der Waals surface area contributed by atoms with Crippen LogP contribution in [-0.2, 0) is 16.0 Å². The van der Waals surface area contributed by atoms with E-state index >= 15 is 0 Å². The molecule has 0 bridgehead atoms. The molecule has 1 heterocycles. The van der Waals surface area contributed by atoms with Gasteiger partial charge in [0.1, 0.15) is 12.4 Å². The van der Waals surface area contributed by atoms with Gasteiger partial charge in [-0.05, 0) is 61.2 Å². The Morgan fingerprint density at radius 2 is 2.00 bits per heavy atom. The summed E-state index contributed by atoms with van der Waals surface area (Å²) in [5.41, 5.74) is 3.74. The van der Waals surface area contributed by atoms with Gasteiger partial charge in [-0.15, -0.1) is 0 Å². The topological polar surface area (TPSA) is 58.6 Å². The Bertz CT molecular complexity index is 882. The van der Waals surface area contributed by atoms with Crippen molar-refractivity contribution in [3.05, 3.63) is 58.1 Å². The summed E-state index contributed by atoms with van der Waals surface area (Å²) in [6, 6.07) is 11.3. The summed E-state index contributed by atoms with van der Waals surface area (Å²) in [7, 11) is 1.64. The van der Waals surface area contributed by atoms with Gasteiger partial charge in [-0.25, -0.2) is 0 Å². The van der Waals surface area contributed by atoms with Gasteiger partial charge in [0.25, 0.3) is 0 Å². The minimum atomic E-state index is -0.325. The third kappa shape index (κ3) is 4.61. The van der Waals surface area contributed by atoms with E-state index in [2.05, 4.69) is 5.32 Å². The largest absolute Gasteiger partial charge is 0.492 e. The molecule has 2 amide bonds. The number of anilines is 1. The van der Waals surface area contributed by atoms with Crippen LogP contribution in [0, 0.1) is 19.8 Å². The van der Waals surface area contributed by atoms with Crippen LogP contribution in [0.1, 0.15) is 16.7 Å². The predicted octanol–water partition coefficient (Wildman–Crippen LogP) is 3.61. The van der Waals surface area contributed by atoms with Crippen molar-refractivity contribution in [2.75, 3.05) is 25.5 Å². The first-order valence-corrected chi connectivity index (χ1v) is 9.24. The maximum atomic E-state index is 12.7. The van der Waals surface area contributed by atoms with Crippen molar-refractivity contribution >= 4 is 29.1 Å². The smallest absolute Gasteiger partial charge is 0.243 e. The van der Waals surface area contributed by atoms with Gasteiger partial charge < -0.3 is 15.0 Å². The fourth-order valence-corrected chi connectivity index (χ4v) is 3.38. The van der Waals surface area contributed by atoms with Gasteiger partial charge in [0.2, 0.25) is 11.8 Å². The number of amides is 2. The molecule has 0 radical (unpaired) electrons. The Balaban J connectivity index is 1.60. The van der Waals surface area contributed by atoms with Gasteiger partial charge >= 0.3 is 0 Å². The van der Waals surface area contributed by atoms with Crippen molar-refractivity contribution in [3.8, 4) is 5.75 Å². The number of nitrogens with one attached hydrogen (secondary N) is 1. The Labute approximate surface area is 164 Å². The van der Waals surface area contributed by atoms with Gasteiger partial charge in [-0.2, -0.15) is 0 Å². The molecule has 0 saturated carbocycles. The third-order valence-electron chi connectivity index (χ3n) is 4.70. The van der Waals surface area contributed by atoms with Gasteiger partial charge in [-0.1, -0.05) is 23.7 Å². The zero-order valence-corrected chi connectivity index (χ0v) is 16.5. The van der Waals surface area contributed by atoms with Crippen LogP contribution in [0.4, 0.5) is 5.69 Å². The summed E-state index contributed by atoms with van der Waals surface area (Å²) in [4.78, 5) is 26.5. The number of carbonyl (C=O) groups is 2. The van der Waals surface area contributed by atoms with E-state index in [0.717, 1.165) is 28.1 Å². The summed E-state index contributed by atoms with van der Waals surface area (Å²) < 4.78 is 5.69. The first-order chi connectivity index (χ1) is 12.8. The molecule has 2 aromatic rings. The molecule has 6 heteroatoms. The molecule has 0 unspecified atom stereocenters. The Morgan fingerprint density at radius 3 is 2.78 bits per heavy atom. The molecule has 1 atom stereocenters. The number of nitrogens with zero attached hydrogens (tertiary/aromatic N) is 1. The summed E-state index contributed by atoms with van der Waals surface area (Å²) in [6.07, 6.45) is 0.553. The molecule has 0 spiro atoms. The molecule has 0 aliphatic carbocycles. The number of ether oxygens (including phenoxy) is 1. The van der Waals surface area contributed by atoms with Gasteiger partial charge in [0, 0.05) is 17.8 Å². The van der Waals surface area contributed by atoms with E-state index in [1.54, 1.807) is 13.1 Å². The van der Waals surface area contributed by atoms with Gasteiger partial charge in [-0.3, -0.25) is 9.59 Å². The predicted molar refractivity (Wildman–Crippen MR) is 106 cm³/mol. The maximum Gasteiger partial charge on any atom is 0.243 e. The van der Waals surface area contributed by atoms with E-state index in [1.807, 2.05) is 44.2 Å². The molecule has 1 aliphatic heterocycles. The minimum Gasteiger partial charge on any atom is -0.492 e. The molecule has 5 nitrogen and oxygen atoms in total. The quantitative estimate of drug-likeness (QED) is 0.873. The van der Waals surface area contributed by atoms with Crippen LogP contribution in [0.5, 0.6) is 5.75 Å². The van der Waals surface area contributed by atoms with E-state index in [0.29, 0.717) is 18.1 Å². The minimum absolute atomic E-state index is 0.00881. The number of hydrogen-bond acceptors (Lipinski definition) is 3. The highest BCUT2D eigenvalue weighted by Gasteiger charge is 2.29. The average Bonchev–Trinajstić information content (AvgIpc) is 2.63. The molecule has 0 fully saturated rings. The lowest BCUT2D eigenvalue weighted by Crippen LogP contribution is -2.42. The highest BCUT2D eigenvalue weighted by atomic mass is 35.5. The van der Waals surface area contributed by atoms with Crippen LogP contribution in [-0.4, -0.2) is 36.9 Å². The lowest BCUT2D eigenvalue weighted by molar-refractivity contribution is -0.138. The first-order valence-electron chi connectivity index (χ1n) is 8.87. The molecule has 0 aromatic heterocycles. The van der Waals surface area contributed by atoms with Crippen LogP contribution in [0.15, 0.2) is 36.4 Å². The van der Waals surface area contributed by atoms with Crippen molar-refractivity contribution in [3.63, 3.8) is 0 Å².